The second-order valence-electron chi connectivity index (χ2n) is 4.87. The Labute approximate surface area is 98.4 Å². The predicted molar refractivity (Wildman–Crippen MR) is 69.4 cm³/mol. The topological polar surface area (TPSA) is 29.3 Å². The zero-order chi connectivity index (χ0) is 11.4. The molecule has 2 nitrogen and oxygen atoms in total. The van der Waals surface area contributed by atoms with Crippen molar-refractivity contribution in [3.63, 3.8) is 0 Å². The molecule has 1 atom stereocenters. The largest absolute Gasteiger partial charge is 0.399 e. The van der Waals surface area contributed by atoms with Gasteiger partial charge in [0.2, 0.25) is 0 Å². The number of nitrogen functional groups attached to an aromatic ring is 1. The maximum absolute atomic E-state index is 5.96. The Morgan fingerprint density at radius 1 is 1.31 bits per heavy atom. The maximum Gasteiger partial charge on any atom is 0.0346 e. The molecule has 0 amide bonds. The summed E-state index contributed by atoms with van der Waals surface area (Å²) in [5.74, 6) is 0. The number of hydrogen-bond donors (Lipinski definition) is 1. The monoisotopic (exact) mass is 218 g/mol. The molecule has 2 rings (SSSR count). The number of anilines is 1. The number of nitrogens with zero attached hydrogens (tertiary/aromatic N) is 1. The number of para-hydroxylation sites is 1. The van der Waals surface area contributed by atoms with Gasteiger partial charge in [0.15, 0.2) is 0 Å². The predicted octanol–water partition coefficient (Wildman–Crippen LogP) is 2.69. The number of piperidine rings is 1. The van der Waals surface area contributed by atoms with Gasteiger partial charge in [-0.3, -0.25) is 0 Å². The molecule has 0 bridgehead atoms. The molecule has 1 heterocycles. The second-order valence-corrected chi connectivity index (χ2v) is 4.87. The lowest BCUT2D eigenvalue weighted by Crippen LogP contribution is -2.36. The maximum atomic E-state index is 5.96. The molecule has 1 aromatic rings. The van der Waals surface area contributed by atoms with Crippen molar-refractivity contribution >= 4 is 5.69 Å². The zero-order valence-electron chi connectivity index (χ0n) is 10.2. The zero-order valence-corrected chi connectivity index (χ0v) is 10.2. The normalized spacial score (nSPS) is 22.2. The molecule has 0 saturated carbocycles. The van der Waals surface area contributed by atoms with Gasteiger partial charge < -0.3 is 10.6 Å². The highest BCUT2D eigenvalue weighted by Crippen LogP contribution is 2.21. The molecule has 1 aliphatic heterocycles. The van der Waals surface area contributed by atoms with Crippen LogP contribution in [0.3, 0.4) is 0 Å². The van der Waals surface area contributed by atoms with Gasteiger partial charge in [0.05, 0.1) is 0 Å². The van der Waals surface area contributed by atoms with Crippen molar-refractivity contribution in [1.82, 2.24) is 4.90 Å². The molecule has 0 aromatic heterocycles. The summed E-state index contributed by atoms with van der Waals surface area (Å²) in [6, 6.07) is 8.99. The summed E-state index contributed by atoms with van der Waals surface area (Å²) in [5, 5.41) is 0. The van der Waals surface area contributed by atoms with E-state index in [-0.39, 0.29) is 0 Å². The minimum absolute atomic E-state index is 0.758. The third kappa shape index (κ3) is 2.76. The van der Waals surface area contributed by atoms with Crippen molar-refractivity contribution in [2.24, 2.45) is 0 Å². The van der Waals surface area contributed by atoms with Crippen molar-refractivity contribution in [3.8, 4) is 0 Å². The molecule has 2 N–H and O–H groups in total. The van der Waals surface area contributed by atoms with Gasteiger partial charge in [0.25, 0.3) is 0 Å². The third-order valence-electron chi connectivity index (χ3n) is 3.72. The third-order valence-corrected chi connectivity index (χ3v) is 3.72. The van der Waals surface area contributed by atoms with Crippen LogP contribution in [-0.4, -0.2) is 24.5 Å². The van der Waals surface area contributed by atoms with Gasteiger partial charge in [-0.25, -0.2) is 0 Å². The number of hydrogen-bond acceptors (Lipinski definition) is 2. The quantitative estimate of drug-likeness (QED) is 0.790. The first kappa shape index (κ1) is 11.5. The molecular weight excluding hydrogens is 196 g/mol. The summed E-state index contributed by atoms with van der Waals surface area (Å²) >= 11 is 0. The highest BCUT2D eigenvalue weighted by atomic mass is 15.1. The van der Waals surface area contributed by atoms with Crippen molar-refractivity contribution in [2.75, 3.05) is 19.3 Å². The van der Waals surface area contributed by atoms with E-state index < -0.39 is 0 Å². The van der Waals surface area contributed by atoms with E-state index in [0.717, 1.165) is 18.2 Å². The lowest BCUT2D eigenvalue weighted by molar-refractivity contribution is 0.176. The van der Waals surface area contributed by atoms with E-state index >= 15 is 0 Å². The van der Waals surface area contributed by atoms with Gasteiger partial charge in [-0.05, 0) is 50.9 Å². The molecule has 1 aromatic carbocycles. The van der Waals surface area contributed by atoms with E-state index in [0.29, 0.717) is 0 Å². The fourth-order valence-corrected chi connectivity index (χ4v) is 2.59. The molecule has 88 valence electrons. The van der Waals surface area contributed by atoms with Crippen molar-refractivity contribution in [2.45, 2.75) is 38.1 Å². The van der Waals surface area contributed by atoms with Crippen LogP contribution in [0.5, 0.6) is 0 Å². The number of aryl methyl sites for hydroxylation is 1. The summed E-state index contributed by atoms with van der Waals surface area (Å²) < 4.78 is 0. The minimum atomic E-state index is 0.758. The summed E-state index contributed by atoms with van der Waals surface area (Å²) in [6.45, 7) is 1.26. The van der Waals surface area contributed by atoms with Crippen LogP contribution in [0, 0.1) is 0 Å². The molecule has 16 heavy (non-hydrogen) atoms. The Morgan fingerprint density at radius 3 is 2.88 bits per heavy atom. The Bertz CT molecular complexity index is 335. The van der Waals surface area contributed by atoms with Crippen LogP contribution in [0.2, 0.25) is 0 Å². The SMILES string of the molecule is CN1CCCC[C@H]1CCc1ccccc1N. The summed E-state index contributed by atoms with van der Waals surface area (Å²) in [6.07, 6.45) is 6.45. The highest BCUT2D eigenvalue weighted by Gasteiger charge is 2.18. The average Bonchev–Trinajstić information content (AvgIpc) is 2.30. The molecule has 0 unspecified atom stereocenters. The van der Waals surface area contributed by atoms with Crippen molar-refractivity contribution in [3.05, 3.63) is 29.8 Å². The number of likely N-dealkylation sites (tertiary alicyclic amines) is 1. The molecule has 2 heteroatoms. The van der Waals surface area contributed by atoms with Crippen LogP contribution in [-0.2, 0) is 6.42 Å². The van der Waals surface area contributed by atoms with E-state index in [1.807, 2.05) is 12.1 Å². The van der Waals surface area contributed by atoms with E-state index in [1.165, 1.54) is 37.8 Å². The van der Waals surface area contributed by atoms with Crippen LogP contribution in [0.15, 0.2) is 24.3 Å². The summed E-state index contributed by atoms with van der Waals surface area (Å²) in [5.41, 5.74) is 8.21. The van der Waals surface area contributed by atoms with E-state index in [4.69, 9.17) is 5.73 Å². The van der Waals surface area contributed by atoms with Crippen molar-refractivity contribution in [1.29, 1.82) is 0 Å². The number of rotatable bonds is 3. The van der Waals surface area contributed by atoms with Gasteiger partial charge in [-0.2, -0.15) is 0 Å². The molecule has 0 spiro atoms. The van der Waals surface area contributed by atoms with E-state index in [2.05, 4.69) is 24.1 Å². The van der Waals surface area contributed by atoms with E-state index in [9.17, 15) is 0 Å². The molecule has 1 saturated heterocycles. The lowest BCUT2D eigenvalue weighted by atomic mass is 9.96. The van der Waals surface area contributed by atoms with Crippen LogP contribution < -0.4 is 5.73 Å². The first-order valence-electron chi connectivity index (χ1n) is 6.31. The molecule has 0 radical (unpaired) electrons. The molecule has 0 aliphatic carbocycles. The fraction of sp³-hybridized carbons (Fsp3) is 0.571. The number of nitrogens with two attached hydrogens (primary N) is 1. The van der Waals surface area contributed by atoms with Crippen LogP contribution in [0.1, 0.15) is 31.2 Å². The van der Waals surface area contributed by atoms with Gasteiger partial charge in [-0.1, -0.05) is 24.6 Å². The van der Waals surface area contributed by atoms with Gasteiger partial charge in [0, 0.05) is 11.7 Å². The van der Waals surface area contributed by atoms with Gasteiger partial charge >= 0.3 is 0 Å². The minimum Gasteiger partial charge on any atom is -0.399 e. The molecule has 1 aliphatic rings. The second kappa shape index (κ2) is 5.35. The van der Waals surface area contributed by atoms with Crippen LogP contribution >= 0.6 is 0 Å². The first-order chi connectivity index (χ1) is 7.77. The van der Waals surface area contributed by atoms with Crippen LogP contribution in [0.25, 0.3) is 0 Å². The summed E-state index contributed by atoms with van der Waals surface area (Å²) in [4.78, 5) is 2.50. The average molecular weight is 218 g/mol. The fourth-order valence-electron chi connectivity index (χ4n) is 2.59. The standard InChI is InChI=1S/C14H22N2/c1-16-11-5-4-7-13(16)10-9-12-6-2-3-8-14(12)15/h2-3,6,8,13H,4-5,7,9-11,15H2,1H3/t13-/m0/s1. The Balaban J connectivity index is 1.89. The Kier molecular flexibility index (Phi) is 3.83. The molecule has 1 fully saturated rings. The summed E-state index contributed by atoms with van der Waals surface area (Å²) in [7, 11) is 2.25. The smallest absolute Gasteiger partial charge is 0.0346 e. The van der Waals surface area contributed by atoms with E-state index in [1.54, 1.807) is 0 Å². The number of benzene rings is 1. The Hall–Kier alpha value is -1.02. The first-order valence-corrected chi connectivity index (χ1v) is 6.31. The molecular formula is C14H22N2. The highest BCUT2D eigenvalue weighted by molar-refractivity contribution is 5.46. The van der Waals surface area contributed by atoms with Crippen LogP contribution in [0.4, 0.5) is 5.69 Å². The van der Waals surface area contributed by atoms with Gasteiger partial charge in [-0.15, -0.1) is 0 Å². The van der Waals surface area contributed by atoms with Crippen molar-refractivity contribution < 1.29 is 0 Å². The van der Waals surface area contributed by atoms with Gasteiger partial charge in [0.1, 0.15) is 0 Å². The Morgan fingerprint density at radius 2 is 2.12 bits per heavy atom. The lowest BCUT2D eigenvalue weighted by Gasteiger charge is -2.32.